The van der Waals surface area contributed by atoms with Gasteiger partial charge in [-0.25, -0.2) is 8.42 Å². The van der Waals surface area contributed by atoms with E-state index in [0.717, 1.165) is 17.0 Å². The summed E-state index contributed by atoms with van der Waals surface area (Å²) in [6.45, 7) is 3.61. The zero-order chi connectivity index (χ0) is 23.8. The van der Waals surface area contributed by atoms with E-state index in [1.165, 1.54) is 0 Å². The smallest absolute Gasteiger partial charge is 0.327 e. The van der Waals surface area contributed by atoms with Crippen molar-refractivity contribution in [1.29, 1.82) is 0 Å². The van der Waals surface area contributed by atoms with E-state index in [0.29, 0.717) is 21.2 Å². The molecule has 1 N–H and O–H groups in total. The highest BCUT2D eigenvalue weighted by molar-refractivity contribution is 7.92. The Morgan fingerprint density at radius 2 is 1.75 bits per heavy atom. The van der Waals surface area contributed by atoms with Gasteiger partial charge < -0.3 is 9.84 Å². The molecule has 0 saturated carbocycles. The molecule has 1 heterocycles. The second kappa shape index (κ2) is 9.39. The molecular formula is C22H23Cl2NO6S. The molecule has 32 heavy (non-hydrogen) atoms. The second-order valence-corrected chi connectivity index (χ2v) is 10.8. The van der Waals surface area contributed by atoms with Crippen molar-refractivity contribution in [3.63, 3.8) is 0 Å². The summed E-state index contributed by atoms with van der Waals surface area (Å²) >= 11 is 12.1. The number of aliphatic carboxylic acids is 1. The van der Waals surface area contributed by atoms with Gasteiger partial charge in [0.25, 0.3) is 0 Å². The number of rotatable bonds is 7. The normalized spacial score (nSPS) is 21.1. The molecule has 2 aromatic rings. The topological polar surface area (TPSA) is 101 Å². The minimum Gasteiger partial charge on any atom is -0.480 e. The Morgan fingerprint density at radius 1 is 1.09 bits per heavy atom. The van der Waals surface area contributed by atoms with E-state index in [9.17, 15) is 23.1 Å². The lowest BCUT2D eigenvalue weighted by Crippen LogP contribution is -2.66. The third-order valence-electron chi connectivity index (χ3n) is 5.38. The molecule has 1 aliphatic heterocycles. The number of carbonyl (C=O) groups is 2. The van der Waals surface area contributed by atoms with Crippen molar-refractivity contribution in [3.8, 4) is 11.1 Å². The zero-order valence-corrected chi connectivity index (χ0v) is 20.0. The molecule has 10 heteroatoms. The summed E-state index contributed by atoms with van der Waals surface area (Å²) in [5.41, 5.74) is 1.93. The van der Waals surface area contributed by atoms with E-state index in [1.807, 2.05) is 0 Å². The van der Waals surface area contributed by atoms with Gasteiger partial charge in [-0.2, -0.15) is 4.31 Å². The van der Waals surface area contributed by atoms with Crippen molar-refractivity contribution in [2.75, 3.05) is 7.11 Å². The van der Waals surface area contributed by atoms with Gasteiger partial charge in [-0.15, -0.1) is 0 Å². The Morgan fingerprint density at radius 3 is 2.31 bits per heavy atom. The molecule has 3 atom stereocenters. The number of halogens is 2. The highest BCUT2D eigenvalue weighted by atomic mass is 35.5. The van der Waals surface area contributed by atoms with Crippen molar-refractivity contribution in [2.45, 2.75) is 37.6 Å². The van der Waals surface area contributed by atoms with Crippen LogP contribution >= 0.6 is 23.2 Å². The number of methoxy groups -OCH3 is 1. The first-order valence-electron chi connectivity index (χ1n) is 9.87. The molecule has 2 aromatic carbocycles. The van der Waals surface area contributed by atoms with Gasteiger partial charge in [-0.05, 0) is 47.2 Å². The number of sulfonamides is 1. The minimum absolute atomic E-state index is 0.0772. The first-order valence-corrected chi connectivity index (χ1v) is 12.1. The van der Waals surface area contributed by atoms with Crippen LogP contribution in [0.4, 0.5) is 0 Å². The lowest BCUT2D eigenvalue weighted by Gasteiger charge is -2.48. The Hall–Kier alpha value is -2.13. The van der Waals surface area contributed by atoms with Crippen LogP contribution in [-0.4, -0.2) is 48.2 Å². The number of carboxylic acids is 1. The zero-order valence-electron chi connectivity index (χ0n) is 17.7. The van der Waals surface area contributed by atoms with Crippen LogP contribution < -0.4 is 0 Å². The predicted octanol–water partition coefficient (Wildman–Crippen LogP) is 4.39. The SMILES string of the molecule is COC(=O)[C@H]1[C@H](c2cccc(-c3ccc(Cl)c(Cl)c3)c2)N([C@H](CC(C)C)C(=O)O)S1(=O)=O. The fourth-order valence-corrected chi connectivity index (χ4v) is 6.33. The maximum absolute atomic E-state index is 13.0. The third kappa shape index (κ3) is 4.50. The molecule has 1 aliphatic rings. The molecular weight excluding hydrogens is 477 g/mol. The predicted molar refractivity (Wildman–Crippen MR) is 122 cm³/mol. The molecule has 1 saturated heterocycles. The van der Waals surface area contributed by atoms with Crippen molar-refractivity contribution in [3.05, 3.63) is 58.1 Å². The molecule has 172 valence electrons. The van der Waals surface area contributed by atoms with Crippen LogP contribution in [0.3, 0.4) is 0 Å². The number of nitrogens with zero attached hydrogens (tertiary/aromatic N) is 1. The number of hydrogen-bond acceptors (Lipinski definition) is 5. The molecule has 3 rings (SSSR count). The fourth-order valence-electron chi connectivity index (χ4n) is 3.92. The summed E-state index contributed by atoms with van der Waals surface area (Å²) in [7, 11) is -3.11. The Balaban J connectivity index is 2.11. The molecule has 0 bridgehead atoms. The van der Waals surface area contributed by atoms with E-state index in [1.54, 1.807) is 56.3 Å². The highest BCUT2D eigenvalue weighted by Gasteiger charge is 2.62. The number of hydrogen-bond donors (Lipinski definition) is 1. The van der Waals surface area contributed by atoms with E-state index in [4.69, 9.17) is 27.9 Å². The van der Waals surface area contributed by atoms with Gasteiger partial charge in [0.15, 0.2) is 5.25 Å². The first-order chi connectivity index (χ1) is 15.0. The number of carboxylic acid groups (broad SMARTS) is 1. The maximum Gasteiger partial charge on any atom is 0.327 e. The quantitative estimate of drug-likeness (QED) is 0.566. The number of esters is 1. The summed E-state index contributed by atoms with van der Waals surface area (Å²) in [5, 5.41) is 9.01. The first kappa shape index (κ1) is 24.5. The van der Waals surface area contributed by atoms with Crippen LogP contribution in [0.1, 0.15) is 31.9 Å². The van der Waals surface area contributed by atoms with Crippen molar-refractivity contribution in [2.24, 2.45) is 5.92 Å². The summed E-state index contributed by atoms with van der Waals surface area (Å²) in [4.78, 5) is 24.4. The monoisotopic (exact) mass is 499 g/mol. The van der Waals surface area contributed by atoms with Crippen molar-refractivity contribution in [1.82, 2.24) is 4.31 Å². The van der Waals surface area contributed by atoms with E-state index in [-0.39, 0.29) is 12.3 Å². The fraction of sp³-hybridized carbons (Fsp3) is 0.364. The number of benzene rings is 2. The Labute approximate surface area is 196 Å². The average Bonchev–Trinajstić information content (AvgIpc) is 2.73. The molecule has 0 aliphatic carbocycles. The number of carbonyl (C=O) groups excluding carboxylic acids is 1. The summed E-state index contributed by atoms with van der Waals surface area (Å²) in [6, 6.07) is 9.67. The largest absolute Gasteiger partial charge is 0.480 e. The lowest BCUT2D eigenvalue weighted by atomic mass is 9.95. The van der Waals surface area contributed by atoms with Gasteiger partial charge in [0.1, 0.15) is 6.04 Å². The number of ether oxygens (including phenoxy) is 1. The standard InChI is InChI=1S/C22H23Cl2NO6S/c1-12(2)9-18(21(26)27)25-19(20(22(28)31-3)32(25,29)30)15-6-4-5-13(10-15)14-7-8-16(23)17(24)11-14/h4-8,10-12,18-20H,9H2,1-3H3,(H,26,27)/t18-,19+,20-/m1/s1. The summed E-state index contributed by atoms with van der Waals surface area (Å²) < 4.78 is 31.7. The van der Waals surface area contributed by atoms with Crippen LogP contribution in [0.2, 0.25) is 10.0 Å². The molecule has 7 nitrogen and oxygen atoms in total. The van der Waals surface area contributed by atoms with Crippen molar-refractivity contribution >= 4 is 45.2 Å². The van der Waals surface area contributed by atoms with Gasteiger partial charge in [-0.1, -0.05) is 61.3 Å². The minimum atomic E-state index is -4.21. The van der Waals surface area contributed by atoms with Crippen LogP contribution in [0.5, 0.6) is 0 Å². The second-order valence-electron chi connectivity index (χ2n) is 8.00. The van der Waals surface area contributed by atoms with E-state index < -0.39 is 39.3 Å². The van der Waals surface area contributed by atoms with Crippen LogP contribution in [0.15, 0.2) is 42.5 Å². The van der Waals surface area contributed by atoms with Gasteiger partial charge in [0.2, 0.25) is 10.0 Å². The van der Waals surface area contributed by atoms with E-state index >= 15 is 0 Å². The van der Waals surface area contributed by atoms with Crippen LogP contribution in [0.25, 0.3) is 11.1 Å². The molecule has 0 spiro atoms. The third-order valence-corrected chi connectivity index (χ3v) is 8.28. The van der Waals surface area contributed by atoms with Gasteiger partial charge in [0.05, 0.1) is 23.2 Å². The average molecular weight is 500 g/mol. The Bertz CT molecular complexity index is 1150. The van der Waals surface area contributed by atoms with Crippen LogP contribution in [-0.2, 0) is 24.3 Å². The highest BCUT2D eigenvalue weighted by Crippen LogP contribution is 2.46. The lowest BCUT2D eigenvalue weighted by molar-refractivity contribution is -0.148. The van der Waals surface area contributed by atoms with Crippen LogP contribution in [0, 0.1) is 5.92 Å². The maximum atomic E-state index is 13.0. The molecule has 0 aromatic heterocycles. The molecule has 0 radical (unpaired) electrons. The van der Waals surface area contributed by atoms with Gasteiger partial charge in [-0.3, -0.25) is 9.59 Å². The molecule has 1 fully saturated rings. The summed E-state index contributed by atoms with van der Waals surface area (Å²) in [5.74, 6) is -2.28. The summed E-state index contributed by atoms with van der Waals surface area (Å²) in [6.07, 6.45) is 0.103. The van der Waals surface area contributed by atoms with Crippen molar-refractivity contribution < 1.29 is 27.9 Å². The van der Waals surface area contributed by atoms with Gasteiger partial charge in [0, 0.05) is 0 Å². The van der Waals surface area contributed by atoms with E-state index in [2.05, 4.69) is 0 Å². The van der Waals surface area contributed by atoms with Gasteiger partial charge >= 0.3 is 11.9 Å². The molecule has 0 amide bonds. The Kier molecular flexibility index (Phi) is 7.19. The molecule has 0 unspecified atom stereocenters.